The van der Waals surface area contributed by atoms with Crippen LogP contribution in [0.2, 0.25) is 5.02 Å². The molecule has 2 N–H and O–H groups in total. The van der Waals surface area contributed by atoms with E-state index in [0.717, 1.165) is 43.6 Å². The first-order valence-corrected chi connectivity index (χ1v) is 9.72. The zero-order valence-electron chi connectivity index (χ0n) is 15.6. The zero-order chi connectivity index (χ0) is 18.9. The van der Waals surface area contributed by atoms with Crippen LogP contribution >= 0.6 is 11.6 Å². The normalized spacial score (nSPS) is 17.0. The lowest BCUT2D eigenvalue weighted by Gasteiger charge is -2.20. The third kappa shape index (κ3) is 5.76. The molecule has 0 saturated carbocycles. The molecule has 1 aromatic heterocycles. The Hall–Kier alpha value is -2.47. The molecule has 0 amide bonds. The van der Waals surface area contributed by atoms with Crippen LogP contribution in [0.1, 0.15) is 13.3 Å². The predicted molar refractivity (Wildman–Crippen MR) is 111 cm³/mol. The minimum Gasteiger partial charge on any atom is -0.492 e. The van der Waals surface area contributed by atoms with Gasteiger partial charge in [0.25, 0.3) is 0 Å². The van der Waals surface area contributed by atoms with Crippen LogP contribution in [-0.4, -0.2) is 49.8 Å². The highest BCUT2D eigenvalue weighted by molar-refractivity contribution is 6.32. The number of para-hydroxylation sites is 1. The van der Waals surface area contributed by atoms with Crippen molar-refractivity contribution >= 4 is 23.4 Å². The predicted octanol–water partition coefficient (Wildman–Crippen LogP) is 2.95. The van der Waals surface area contributed by atoms with Gasteiger partial charge in [0.1, 0.15) is 18.2 Å². The van der Waals surface area contributed by atoms with E-state index in [0.29, 0.717) is 24.2 Å². The van der Waals surface area contributed by atoms with Crippen LogP contribution in [0, 0.1) is 0 Å². The van der Waals surface area contributed by atoms with Crippen LogP contribution < -0.4 is 20.3 Å². The Labute approximate surface area is 165 Å². The number of aromatic nitrogens is 1. The molecule has 0 radical (unpaired) electrons. The van der Waals surface area contributed by atoms with E-state index < -0.39 is 0 Å². The number of hydrogen-bond donors (Lipinski definition) is 2. The number of ether oxygens (including phenoxy) is 1. The van der Waals surface area contributed by atoms with Gasteiger partial charge in [-0.3, -0.25) is 0 Å². The van der Waals surface area contributed by atoms with E-state index in [1.807, 2.05) is 42.5 Å². The molecule has 1 aliphatic rings. The topological polar surface area (TPSA) is 61.8 Å². The Morgan fingerprint density at radius 2 is 2.15 bits per heavy atom. The first-order chi connectivity index (χ1) is 13.3. The van der Waals surface area contributed by atoms with E-state index >= 15 is 0 Å². The van der Waals surface area contributed by atoms with Crippen molar-refractivity contribution in [3.8, 4) is 5.75 Å². The summed E-state index contributed by atoms with van der Waals surface area (Å²) >= 11 is 6.27. The van der Waals surface area contributed by atoms with Crippen LogP contribution in [-0.2, 0) is 0 Å². The maximum Gasteiger partial charge on any atom is 0.191 e. The molecule has 0 aliphatic carbocycles. The third-order valence-electron chi connectivity index (χ3n) is 4.29. The molecule has 1 aliphatic heterocycles. The van der Waals surface area contributed by atoms with E-state index in [1.54, 1.807) is 6.20 Å². The number of pyridine rings is 1. The molecule has 7 heteroatoms. The number of nitrogens with zero attached hydrogens (tertiary/aromatic N) is 3. The Kier molecular flexibility index (Phi) is 7.16. The van der Waals surface area contributed by atoms with Crippen LogP contribution in [0.15, 0.2) is 53.7 Å². The number of anilines is 1. The van der Waals surface area contributed by atoms with Crippen LogP contribution in [0.25, 0.3) is 0 Å². The molecule has 1 aromatic carbocycles. The van der Waals surface area contributed by atoms with E-state index in [4.69, 9.17) is 16.3 Å². The summed E-state index contributed by atoms with van der Waals surface area (Å²) < 4.78 is 5.70. The summed E-state index contributed by atoms with van der Waals surface area (Å²) in [6.45, 7) is 5.78. The number of aliphatic imine (C=N–C) groups is 1. The lowest BCUT2D eigenvalue weighted by Crippen LogP contribution is -2.44. The number of rotatable bonds is 7. The first kappa shape index (κ1) is 19.3. The molecule has 1 fully saturated rings. The molecule has 2 heterocycles. The maximum atomic E-state index is 6.27. The van der Waals surface area contributed by atoms with Crippen LogP contribution in [0.4, 0.5) is 5.82 Å². The van der Waals surface area contributed by atoms with E-state index in [-0.39, 0.29) is 0 Å². The zero-order valence-corrected chi connectivity index (χ0v) is 16.3. The van der Waals surface area contributed by atoms with Crippen molar-refractivity contribution in [3.63, 3.8) is 0 Å². The molecule has 1 atom stereocenters. The van der Waals surface area contributed by atoms with Crippen molar-refractivity contribution in [2.24, 2.45) is 4.99 Å². The summed E-state index contributed by atoms with van der Waals surface area (Å²) in [5, 5.41) is 7.49. The van der Waals surface area contributed by atoms with E-state index in [9.17, 15) is 0 Å². The van der Waals surface area contributed by atoms with Crippen LogP contribution in [0.5, 0.6) is 5.75 Å². The fourth-order valence-corrected chi connectivity index (χ4v) is 3.27. The number of halogens is 1. The monoisotopic (exact) mass is 387 g/mol. The summed E-state index contributed by atoms with van der Waals surface area (Å²) in [5.41, 5.74) is 0. The van der Waals surface area contributed by atoms with Crippen LogP contribution in [0.3, 0.4) is 0 Å². The fraction of sp³-hybridized carbons (Fsp3) is 0.400. The van der Waals surface area contributed by atoms with Gasteiger partial charge in [-0.1, -0.05) is 29.8 Å². The number of guanidine groups is 1. The molecule has 0 bridgehead atoms. The molecule has 0 spiro atoms. The maximum absolute atomic E-state index is 6.27. The quantitative estimate of drug-likeness (QED) is 0.434. The number of hydrogen-bond acceptors (Lipinski definition) is 4. The molecule has 1 unspecified atom stereocenters. The van der Waals surface area contributed by atoms with Crippen molar-refractivity contribution in [1.29, 1.82) is 0 Å². The second-order valence-electron chi connectivity index (χ2n) is 6.31. The van der Waals surface area contributed by atoms with E-state index in [1.165, 1.54) is 0 Å². The molecular weight excluding hydrogens is 362 g/mol. The molecule has 3 rings (SSSR count). The average molecular weight is 388 g/mol. The van der Waals surface area contributed by atoms with Gasteiger partial charge < -0.3 is 20.3 Å². The van der Waals surface area contributed by atoms with Gasteiger partial charge in [-0.2, -0.15) is 0 Å². The fourth-order valence-electron chi connectivity index (χ4n) is 3.03. The van der Waals surface area contributed by atoms with Gasteiger partial charge in [0.2, 0.25) is 0 Å². The Bertz CT molecular complexity index is 740. The minimum absolute atomic E-state index is 0.302. The van der Waals surface area contributed by atoms with Crippen molar-refractivity contribution in [1.82, 2.24) is 15.6 Å². The first-order valence-electron chi connectivity index (χ1n) is 9.34. The van der Waals surface area contributed by atoms with Gasteiger partial charge in [-0.05, 0) is 37.6 Å². The smallest absolute Gasteiger partial charge is 0.191 e. The molecule has 1 saturated heterocycles. The molecule has 2 aromatic rings. The second-order valence-corrected chi connectivity index (χ2v) is 6.71. The Morgan fingerprint density at radius 3 is 2.93 bits per heavy atom. The minimum atomic E-state index is 0.302. The SMILES string of the molecule is CCNC(=NCCOc1ccccc1)NC1CCN(c2ncccc2Cl)C1. The molecule has 144 valence electrons. The molecule has 27 heavy (non-hydrogen) atoms. The van der Waals surface area contributed by atoms with Gasteiger partial charge in [0, 0.05) is 31.9 Å². The summed E-state index contributed by atoms with van der Waals surface area (Å²) in [4.78, 5) is 11.2. The van der Waals surface area contributed by atoms with Gasteiger partial charge in [0.05, 0.1) is 11.6 Å². The largest absolute Gasteiger partial charge is 0.492 e. The second kappa shape index (κ2) is 10.0. The van der Waals surface area contributed by atoms with Gasteiger partial charge in [-0.15, -0.1) is 0 Å². The lowest BCUT2D eigenvalue weighted by atomic mass is 10.3. The Morgan fingerprint density at radius 1 is 1.30 bits per heavy atom. The van der Waals surface area contributed by atoms with Crippen molar-refractivity contribution < 1.29 is 4.74 Å². The summed E-state index contributed by atoms with van der Waals surface area (Å²) in [7, 11) is 0. The molecule has 6 nitrogen and oxygen atoms in total. The van der Waals surface area contributed by atoms with Crippen molar-refractivity contribution in [3.05, 3.63) is 53.7 Å². The highest BCUT2D eigenvalue weighted by Gasteiger charge is 2.25. The summed E-state index contributed by atoms with van der Waals surface area (Å²) in [6.07, 6.45) is 2.79. The van der Waals surface area contributed by atoms with Crippen molar-refractivity contribution in [2.75, 3.05) is 37.7 Å². The molecular formula is C20H26ClN5O. The van der Waals surface area contributed by atoms with Gasteiger partial charge in [-0.25, -0.2) is 9.98 Å². The number of benzene rings is 1. The Balaban J connectivity index is 1.49. The lowest BCUT2D eigenvalue weighted by molar-refractivity contribution is 0.328. The summed E-state index contributed by atoms with van der Waals surface area (Å²) in [6, 6.07) is 13.8. The average Bonchev–Trinajstić information content (AvgIpc) is 3.15. The van der Waals surface area contributed by atoms with E-state index in [2.05, 4.69) is 32.4 Å². The highest BCUT2D eigenvalue weighted by atomic mass is 35.5. The number of nitrogens with one attached hydrogen (secondary N) is 2. The third-order valence-corrected chi connectivity index (χ3v) is 4.58. The van der Waals surface area contributed by atoms with Crippen molar-refractivity contribution in [2.45, 2.75) is 19.4 Å². The van der Waals surface area contributed by atoms with Gasteiger partial charge >= 0.3 is 0 Å². The van der Waals surface area contributed by atoms with Gasteiger partial charge in [0.15, 0.2) is 5.96 Å². The summed E-state index contributed by atoms with van der Waals surface area (Å²) in [5.74, 6) is 2.53. The highest BCUT2D eigenvalue weighted by Crippen LogP contribution is 2.25. The standard InChI is InChI=1S/C20H26ClN5O/c1-2-22-20(24-12-14-27-17-7-4-3-5-8-17)25-16-10-13-26(15-16)19-18(21)9-6-11-23-19/h3-9,11,16H,2,10,12-15H2,1H3,(H2,22,24,25).